The predicted octanol–water partition coefficient (Wildman–Crippen LogP) is 2.15. The Morgan fingerprint density at radius 1 is 1.38 bits per heavy atom. The Morgan fingerprint density at radius 2 is 2.05 bits per heavy atom. The van der Waals surface area contributed by atoms with Crippen LogP contribution >= 0.6 is 0 Å². The van der Waals surface area contributed by atoms with Gasteiger partial charge in [-0.05, 0) is 39.0 Å². The second-order valence-corrected chi connectivity index (χ2v) is 5.29. The molecule has 0 radical (unpaired) electrons. The van der Waals surface area contributed by atoms with Crippen LogP contribution in [0.2, 0.25) is 0 Å². The van der Waals surface area contributed by atoms with Crippen molar-refractivity contribution < 1.29 is 14.3 Å². The summed E-state index contributed by atoms with van der Waals surface area (Å²) in [6.45, 7) is 5.15. The summed E-state index contributed by atoms with van der Waals surface area (Å²) in [7, 11) is 1.75. The number of anilines is 1. The first-order valence-electron chi connectivity index (χ1n) is 6.74. The van der Waals surface area contributed by atoms with Crippen LogP contribution in [0, 0.1) is 16.7 Å². The fourth-order valence-electron chi connectivity index (χ4n) is 1.74. The summed E-state index contributed by atoms with van der Waals surface area (Å²) < 4.78 is 4.93. The molecule has 0 fully saturated rings. The Kier molecular flexibility index (Phi) is 5.48. The number of esters is 1. The number of ether oxygens (including phenoxy) is 1. The summed E-state index contributed by atoms with van der Waals surface area (Å²) in [5.74, 6) is -0.750. The number of Topliss-reactive ketones (excluding diaryl/α,β-unsaturated/α-hetero) is 1. The number of carbonyl (C=O) groups is 2. The van der Waals surface area contributed by atoms with Crippen molar-refractivity contribution in [2.45, 2.75) is 20.8 Å². The van der Waals surface area contributed by atoms with Gasteiger partial charge in [0, 0.05) is 12.7 Å². The number of hydrogen-bond donors (Lipinski definition) is 0. The molecule has 0 aliphatic rings. The number of likely N-dealkylation sites (N-methyl/N-ethyl adjacent to an activating group) is 1. The Labute approximate surface area is 125 Å². The summed E-state index contributed by atoms with van der Waals surface area (Å²) in [6.07, 6.45) is 0. The van der Waals surface area contributed by atoms with Crippen LogP contribution in [0.1, 0.15) is 26.3 Å². The minimum Gasteiger partial charge on any atom is -0.465 e. The van der Waals surface area contributed by atoms with E-state index in [4.69, 9.17) is 10.00 Å². The average molecular weight is 288 g/mol. The molecule has 0 aliphatic heterocycles. The standard InChI is InChI=1S/C16H20N2O3/c1-5-21-15(20)16(2,3)14(19)11-18(4)13-8-6-7-12(9-13)10-17/h6-9H,5,11H2,1-4H3. The molecular weight excluding hydrogens is 268 g/mol. The third-order valence-corrected chi connectivity index (χ3v) is 3.28. The molecule has 5 nitrogen and oxygen atoms in total. The van der Waals surface area contributed by atoms with Crippen LogP contribution in [-0.4, -0.2) is 32.0 Å². The first kappa shape index (κ1) is 16.7. The Hall–Kier alpha value is -2.35. The molecule has 1 aromatic carbocycles. The summed E-state index contributed by atoms with van der Waals surface area (Å²) in [5.41, 5.74) is 0.0930. The molecule has 0 saturated heterocycles. The normalized spacial score (nSPS) is 10.6. The van der Waals surface area contributed by atoms with Gasteiger partial charge in [-0.15, -0.1) is 0 Å². The lowest BCUT2D eigenvalue weighted by molar-refractivity contribution is -0.157. The molecular formula is C16H20N2O3. The zero-order valence-electron chi connectivity index (χ0n) is 12.8. The Balaban J connectivity index is 2.82. The molecule has 0 aliphatic carbocycles. The topological polar surface area (TPSA) is 70.4 Å². The summed E-state index contributed by atoms with van der Waals surface area (Å²) >= 11 is 0. The van der Waals surface area contributed by atoms with Crippen molar-refractivity contribution >= 4 is 17.4 Å². The number of ketones is 1. The minimum atomic E-state index is -1.18. The van der Waals surface area contributed by atoms with Gasteiger partial charge in [0.1, 0.15) is 5.41 Å². The lowest BCUT2D eigenvalue weighted by atomic mass is 9.88. The molecule has 0 N–H and O–H groups in total. The van der Waals surface area contributed by atoms with Crippen molar-refractivity contribution in [3.63, 3.8) is 0 Å². The molecule has 0 saturated carbocycles. The highest BCUT2D eigenvalue weighted by Gasteiger charge is 2.37. The van der Waals surface area contributed by atoms with Gasteiger partial charge in [0.15, 0.2) is 5.78 Å². The van der Waals surface area contributed by atoms with E-state index in [9.17, 15) is 9.59 Å². The number of carbonyl (C=O) groups excluding carboxylic acids is 2. The monoisotopic (exact) mass is 288 g/mol. The van der Waals surface area contributed by atoms with Crippen LogP contribution in [0.4, 0.5) is 5.69 Å². The van der Waals surface area contributed by atoms with E-state index >= 15 is 0 Å². The molecule has 1 rings (SSSR count). The molecule has 0 atom stereocenters. The van der Waals surface area contributed by atoms with Crippen molar-refractivity contribution in [2.75, 3.05) is 25.1 Å². The van der Waals surface area contributed by atoms with Crippen LogP contribution < -0.4 is 4.90 Å². The largest absolute Gasteiger partial charge is 0.465 e. The van der Waals surface area contributed by atoms with E-state index in [1.807, 2.05) is 6.07 Å². The maximum absolute atomic E-state index is 12.3. The summed E-state index contributed by atoms with van der Waals surface area (Å²) in [4.78, 5) is 25.8. The third-order valence-electron chi connectivity index (χ3n) is 3.28. The lowest BCUT2D eigenvalue weighted by Gasteiger charge is -2.25. The van der Waals surface area contributed by atoms with Crippen molar-refractivity contribution in [3.8, 4) is 6.07 Å². The Bertz CT molecular complexity index is 573. The van der Waals surface area contributed by atoms with Gasteiger partial charge in [0.2, 0.25) is 0 Å². The molecule has 0 unspecified atom stereocenters. The van der Waals surface area contributed by atoms with E-state index in [2.05, 4.69) is 6.07 Å². The van der Waals surface area contributed by atoms with E-state index in [0.717, 1.165) is 5.69 Å². The van der Waals surface area contributed by atoms with Crippen molar-refractivity contribution in [3.05, 3.63) is 29.8 Å². The molecule has 0 aromatic heterocycles. The smallest absolute Gasteiger partial charge is 0.319 e. The maximum atomic E-state index is 12.3. The highest BCUT2D eigenvalue weighted by molar-refractivity contribution is 6.04. The molecule has 112 valence electrons. The van der Waals surface area contributed by atoms with E-state index in [0.29, 0.717) is 5.56 Å². The highest BCUT2D eigenvalue weighted by Crippen LogP contribution is 2.21. The van der Waals surface area contributed by atoms with E-state index in [-0.39, 0.29) is 18.9 Å². The number of benzene rings is 1. The van der Waals surface area contributed by atoms with E-state index in [1.54, 1.807) is 50.9 Å². The fraction of sp³-hybridized carbons (Fsp3) is 0.438. The van der Waals surface area contributed by atoms with Crippen LogP contribution in [0.5, 0.6) is 0 Å². The number of hydrogen-bond acceptors (Lipinski definition) is 5. The highest BCUT2D eigenvalue weighted by atomic mass is 16.5. The zero-order chi connectivity index (χ0) is 16.0. The van der Waals surface area contributed by atoms with Gasteiger partial charge in [0.25, 0.3) is 0 Å². The fourth-order valence-corrected chi connectivity index (χ4v) is 1.74. The SMILES string of the molecule is CCOC(=O)C(C)(C)C(=O)CN(C)c1cccc(C#N)c1. The van der Waals surface area contributed by atoms with Crippen LogP contribution in [0.15, 0.2) is 24.3 Å². The molecule has 0 amide bonds. The third kappa shape index (κ3) is 4.06. The van der Waals surface area contributed by atoms with E-state index in [1.165, 1.54) is 0 Å². The average Bonchev–Trinajstić information content (AvgIpc) is 2.47. The van der Waals surface area contributed by atoms with Gasteiger partial charge in [-0.3, -0.25) is 9.59 Å². The number of nitrogens with zero attached hydrogens (tertiary/aromatic N) is 2. The minimum absolute atomic E-state index is 0.0701. The molecule has 5 heteroatoms. The predicted molar refractivity (Wildman–Crippen MR) is 79.8 cm³/mol. The number of rotatable bonds is 6. The quantitative estimate of drug-likeness (QED) is 0.592. The van der Waals surface area contributed by atoms with Crippen LogP contribution in [0.25, 0.3) is 0 Å². The van der Waals surface area contributed by atoms with E-state index < -0.39 is 11.4 Å². The second kappa shape index (κ2) is 6.89. The van der Waals surface area contributed by atoms with Crippen LogP contribution in [0.3, 0.4) is 0 Å². The van der Waals surface area contributed by atoms with Crippen molar-refractivity contribution in [1.82, 2.24) is 0 Å². The van der Waals surface area contributed by atoms with Gasteiger partial charge in [-0.25, -0.2) is 0 Å². The summed E-state index contributed by atoms with van der Waals surface area (Å²) in [6, 6.07) is 9.02. The Morgan fingerprint density at radius 3 is 2.62 bits per heavy atom. The lowest BCUT2D eigenvalue weighted by Crippen LogP contribution is -2.41. The van der Waals surface area contributed by atoms with Gasteiger partial charge in [-0.2, -0.15) is 5.26 Å². The first-order valence-corrected chi connectivity index (χ1v) is 6.74. The maximum Gasteiger partial charge on any atom is 0.319 e. The second-order valence-electron chi connectivity index (χ2n) is 5.29. The van der Waals surface area contributed by atoms with Crippen molar-refractivity contribution in [1.29, 1.82) is 5.26 Å². The first-order chi connectivity index (χ1) is 9.82. The zero-order valence-corrected chi connectivity index (χ0v) is 12.8. The van der Waals surface area contributed by atoms with Gasteiger partial charge in [0.05, 0.1) is 24.8 Å². The van der Waals surface area contributed by atoms with Crippen molar-refractivity contribution in [2.24, 2.45) is 5.41 Å². The molecule has 21 heavy (non-hydrogen) atoms. The molecule has 0 bridgehead atoms. The molecule has 0 spiro atoms. The van der Waals surface area contributed by atoms with Gasteiger partial charge < -0.3 is 9.64 Å². The van der Waals surface area contributed by atoms with Crippen LogP contribution in [-0.2, 0) is 14.3 Å². The number of nitriles is 1. The van der Waals surface area contributed by atoms with Gasteiger partial charge in [-0.1, -0.05) is 6.07 Å². The summed E-state index contributed by atoms with van der Waals surface area (Å²) in [5, 5.41) is 8.89. The molecule has 1 aromatic rings. The van der Waals surface area contributed by atoms with Gasteiger partial charge >= 0.3 is 5.97 Å². The molecule has 0 heterocycles.